The number of hydrogen-bond acceptors (Lipinski definition) is 4. The van der Waals surface area contributed by atoms with Crippen molar-refractivity contribution in [3.8, 4) is 5.75 Å². The van der Waals surface area contributed by atoms with Gasteiger partial charge in [0, 0.05) is 31.7 Å². The van der Waals surface area contributed by atoms with Crippen molar-refractivity contribution in [3.05, 3.63) is 28.2 Å². The summed E-state index contributed by atoms with van der Waals surface area (Å²) in [6.45, 7) is -3.42. The highest BCUT2D eigenvalue weighted by atomic mass is 79.9. The van der Waals surface area contributed by atoms with Crippen LogP contribution in [0.5, 0.6) is 5.75 Å². The molecule has 0 aromatic heterocycles. The Kier molecular flexibility index (Phi) is 5.39. The van der Waals surface area contributed by atoms with Crippen molar-refractivity contribution >= 4 is 15.9 Å². The second-order valence-corrected chi connectivity index (χ2v) is 6.85. The lowest BCUT2D eigenvalue weighted by molar-refractivity contribution is -0.0702. The minimum atomic E-state index is -3.06. The number of likely N-dealkylation sites (tertiary alicyclic amines) is 1. The molecule has 23 heavy (non-hydrogen) atoms. The quantitative estimate of drug-likeness (QED) is 0.777. The second kappa shape index (κ2) is 7.88. The van der Waals surface area contributed by atoms with E-state index in [1.807, 2.05) is 0 Å². The Bertz CT molecular complexity index is 605. The van der Waals surface area contributed by atoms with Gasteiger partial charge < -0.3 is 14.9 Å². The lowest BCUT2D eigenvalue weighted by atomic mass is 9.83. The molecule has 1 aromatic rings. The van der Waals surface area contributed by atoms with Crippen LogP contribution in [0.25, 0.3) is 0 Å². The normalized spacial score (nSPS) is 24.0. The van der Waals surface area contributed by atoms with E-state index < -0.39 is 25.3 Å². The van der Waals surface area contributed by atoms with Crippen LogP contribution in [0.3, 0.4) is 0 Å². The van der Waals surface area contributed by atoms with Crippen molar-refractivity contribution in [2.75, 3.05) is 19.7 Å². The van der Waals surface area contributed by atoms with Crippen LogP contribution in [-0.4, -0.2) is 47.0 Å². The number of piperidine rings is 1. The van der Waals surface area contributed by atoms with Gasteiger partial charge in [-0.2, -0.15) is 8.78 Å². The van der Waals surface area contributed by atoms with E-state index in [1.165, 1.54) is 24.0 Å². The molecule has 0 spiro atoms. The third kappa shape index (κ3) is 5.11. The first-order valence-electron chi connectivity index (χ1n) is 8.41. The molecule has 0 radical (unpaired) electrons. The number of aliphatic hydroxyl groups excluding tert-OH is 1. The number of nitrogens with zero attached hydrogens (tertiary/aromatic N) is 1. The second-order valence-electron chi connectivity index (χ2n) is 5.93. The van der Waals surface area contributed by atoms with Gasteiger partial charge in [-0.15, -0.1) is 0 Å². The molecule has 2 atom stereocenters. The number of rotatable bonds is 6. The molecule has 1 aliphatic heterocycles. The van der Waals surface area contributed by atoms with Gasteiger partial charge in [0.05, 0.1) is 12.2 Å². The molecule has 1 fully saturated rings. The van der Waals surface area contributed by atoms with E-state index in [2.05, 4.69) is 20.7 Å². The van der Waals surface area contributed by atoms with Gasteiger partial charge >= 0.3 is 6.61 Å². The monoisotopic (exact) mass is 395 g/mol. The topological polar surface area (TPSA) is 52.9 Å². The Morgan fingerprint density at radius 2 is 2.30 bits per heavy atom. The first-order valence-corrected chi connectivity index (χ1v) is 8.20. The molecule has 0 bridgehead atoms. The molecule has 0 unspecified atom stereocenters. The molecule has 2 rings (SSSR count). The van der Waals surface area contributed by atoms with E-state index in [-0.39, 0.29) is 23.8 Å². The molecule has 1 aromatic carbocycles. The number of aliphatic hydroxyl groups is 2. The molecule has 0 amide bonds. The third-order valence-corrected chi connectivity index (χ3v) is 4.55. The Morgan fingerprint density at radius 1 is 1.57 bits per heavy atom. The van der Waals surface area contributed by atoms with Gasteiger partial charge in [-0.3, -0.25) is 4.90 Å². The number of alkyl halides is 2. The maximum absolute atomic E-state index is 12.7. The summed E-state index contributed by atoms with van der Waals surface area (Å²) in [4.78, 5) is 1.49. The third-order valence-electron chi connectivity index (χ3n) is 4.06. The first-order chi connectivity index (χ1) is 11.6. The average molecular weight is 396 g/mol. The van der Waals surface area contributed by atoms with E-state index in [9.17, 15) is 19.0 Å². The molecule has 0 aliphatic carbocycles. The molecule has 7 heteroatoms. The number of benzene rings is 1. The maximum atomic E-state index is 12.7. The van der Waals surface area contributed by atoms with Crippen molar-refractivity contribution in [2.45, 2.75) is 38.5 Å². The van der Waals surface area contributed by atoms with Crippen LogP contribution in [0.15, 0.2) is 22.7 Å². The van der Waals surface area contributed by atoms with Gasteiger partial charge in [0.2, 0.25) is 0 Å². The summed E-state index contributed by atoms with van der Waals surface area (Å²) in [6, 6.07) is 4.29. The summed E-state index contributed by atoms with van der Waals surface area (Å²) in [7, 11) is 0. The van der Waals surface area contributed by atoms with Crippen LogP contribution in [0.1, 0.15) is 28.1 Å². The maximum Gasteiger partial charge on any atom is 0.387 e. The van der Waals surface area contributed by atoms with Crippen LogP contribution in [0.4, 0.5) is 8.78 Å². The average Bonchev–Trinajstić information content (AvgIpc) is 2.54. The van der Waals surface area contributed by atoms with Gasteiger partial charge in [-0.1, -0.05) is 22.0 Å². The zero-order valence-corrected chi connectivity index (χ0v) is 14.4. The Labute approximate surface area is 146 Å². The van der Waals surface area contributed by atoms with Crippen LogP contribution in [-0.2, 0) is 6.50 Å². The fourth-order valence-electron chi connectivity index (χ4n) is 2.67. The van der Waals surface area contributed by atoms with Crippen LogP contribution < -0.4 is 4.74 Å². The Morgan fingerprint density at radius 3 is 2.96 bits per heavy atom. The molecule has 2 N–H and O–H groups in total. The fourth-order valence-corrected chi connectivity index (χ4v) is 3.01. The molecular formula is C16H22BrF2NO3. The van der Waals surface area contributed by atoms with E-state index >= 15 is 0 Å². The summed E-state index contributed by atoms with van der Waals surface area (Å²) in [5.74, 6) is -0.554. The molecular weight excluding hydrogens is 372 g/mol. The standard InChI is InChI=1S/C16H22BrF2NO3/c1-16(22,10-21)12-3-2-6-20(9-12)8-11-4-5-13(17)7-14(11)23-15(18)19/h4-5,7,12,15,21-22H,2-3,6,8-10H2,1H3/t12-,16+/m0/s1/i8D2. The Balaban J connectivity index is 2.31. The van der Waals surface area contributed by atoms with Gasteiger partial charge in [0.15, 0.2) is 0 Å². The first kappa shape index (κ1) is 15.7. The molecule has 1 saturated heterocycles. The minimum absolute atomic E-state index is 0.000270. The minimum Gasteiger partial charge on any atom is -0.434 e. The van der Waals surface area contributed by atoms with Crippen molar-refractivity contribution in [1.82, 2.24) is 4.90 Å². The van der Waals surface area contributed by atoms with E-state index in [4.69, 9.17) is 2.74 Å². The SMILES string of the molecule is [2H]C([2H])(c1ccc(Br)cc1OC(F)F)N1CCC[C@H]([C@](C)(O)CO)C1. The van der Waals surface area contributed by atoms with Gasteiger partial charge in [-0.05, 0) is 38.4 Å². The smallest absolute Gasteiger partial charge is 0.387 e. The van der Waals surface area contributed by atoms with Crippen molar-refractivity contribution in [2.24, 2.45) is 5.92 Å². The predicted octanol–water partition coefficient (Wildman–Crippen LogP) is 3.01. The largest absolute Gasteiger partial charge is 0.434 e. The molecule has 1 heterocycles. The van der Waals surface area contributed by atoms with E-state index in [0.29, 0.717) is 23.9 Å². The summed E-state index contributed by atoms with van der Waals surface area (Å²) in [5, 5.41) is 19.6. The van der Waals surface area contributed by atoms with Crippen molar-refractivity contribution < 1.29 is 26.5 Å². The van der Waals surface area contributed by atoms with E-state index in [1.54, 1.807) is 6.07 Å². The van der Waals surface area contributed by atoms with Gasteiger partial charge in [-0.25, -0.2) is 0 Å². The van der Waals surface area contributed by atoms with Crippen LogP contribution >= 0.6 is 15.9 Å². The predicted molar refractivity (Wildman–Crippen MR) is 86.5 cm³/mol. The number of ether oxygens (including phenoxy) is 1. The summed E-state index contributed by atoms with van der Waals surface area (Å²) in [6.07, 6.45) is 1.28. The highest BCUT2D eigenvalue weighted by Crippen LogP contribution is 2.31. The van der Waals surface area contributed by atoms with Crippen LogP contribution in [0.2, 0.25) is 0 Å². The van der Waals surface area contributed by atoms with Crippen molar-refractivity contribution in [1.29, 1.82) is 0 Å². The fraction of sp³-hybridized carbons (Fsp3) is 0.625. The van der Waals surface area contributed by atoms with Gasteiger partial charge in [0.25, 0.3) is 0 Å². The molecule has 130 valence electrons. The lowest BCUT2D eigenvalue weighted by Crippen LogP contribution is -2.47. The number of halogens is 3. The molecule has 4 nitrogen and oxygen atoms in total. The summed E-state index contributed by atoms with van der Waals surface area (Å²) >= 11 is 3.17. The summed E-state index contributed by atoms with van der Waals surface area (Å²) < 4.78 is 47.3. The van der Waals surface area contributed by atoms with Crippen molar-refractivity contribution in [3.63, 3.8) is 0 Å². The summed E-state index contributed by atoms with van der Waals surface area (Å²) in [5.41, 5.74) is -1.32. The number of hydrogen-bond donors (Lipinski definition) is 2. The van der Waals surface area contributed by atoms with Gasteiger partial charge in [0.1, 0.15) is 5.75 Å². The Hall–Kier alpha value is -0.760. The highest BCUT2D eigenvalue weighted by Gasteiger charge is 2.34. The molecule has 0 saturated carbocycles. The lowest BCUT2D eigenvalue weighted by Gasteiger charge is -2.39. The molecule has 1 aliphatic rings. The zero-order chi connectivity index (χ0) is 18.8. The van der Waals surface area contributed by atoms with E-state index in [0.717, 1.165) is 0 Å². The zero-order valence-electron chi connectivity index (χ0n) is 14.8. The highest BCUT2D eigenvalue weighted by molar-refractivity contribution is 9.10. The van der Waals surface area contributed by atoms with Crippen LogP contribution in [0, 0.1) is 5.92 Å².